The fourth-order valence-electron chi connectivity index (χ4n) is 3.55. The number of nitrogens with zero attached hydrogens (tertiary/aromatic N) is 1. The predicted octanol–water partition coefficient (Wildman–Crippen LogP) is 3.52. The number of hydrogen-bond acceptors (Lipinski definition) is 5. The van der Waals surface area contributed by atoms with Gasteiger partial charge in [0.05, 0.1) is 12.7 Å². The van der Waals surface area contributed by atoms with Crippen LogP contribution in [0.15, 0.2) is 30.3 Å². The van der Waals surface area contributed by atoms with Gasteiger partial charge in [-0.15, -0.1) is 11.3 Å². The molecular formula is C21H28N4O3S. The molecule has 3 amide bonds. The van der Waals surface area contributed by atoms with Crippen molar-refractivity contribution >= 4 is 28.3 Å². The van der Waals surface area contributed by atoms with Gasteiger partial charge in [-0.3, -0.25) is 10.1 Å². The van der Waals surface area contributed by atoms with Crippen molar-refractivity contribution in [2.75, 3.05) is 32.1 Å². The van der Waals surface area contributed by atoms with Crippen molar-refractivity contribution in [3.8, 4) is 16.2 Å². The van der Waals surface area contributed by atoms with E-state index in [1.807, 2.05) is 24.3 Å². The molecule has 2 heterocycles. The summed E-state index contributed by atoms with van der Waals surface area (Å²) < 4.78 is 5.20. The molecule has 29 heavy (non-hydrogen) atoms. The van der Waals surface area contributed by atoms with Crippen LogP contribution in [0.5, 0.6) is 5.75 Å². The van der Waals surface area contributed by atoms with Crippen molar-refractivity contribution in [1.82, 2.24) is 10.2 Å². The number of rotatable bonds is 6. The van der Waals surface area contributed by atoms with E-state index < -0.39 is 6.03 Å². The topological polar surface area (TPSA) is 96.7 Å². The van der Waals surface area contributed by atoms with Gasteiger partial charge >= 0.3 is 6.03 Å². The number of nitrogens with one attached hydrogen (secondary N) is 2. The maximum atomic E-state index is 13.0. The molecule has 1 fully saturated rings. The van der Waals surface area contributed by atoms with E-state index in [2.05, 4.69) is 22.5 Å². The van der Waals surface area contributed by atoms with Gasteiger partial charge in [0.25, 0.3) is 5.91 Å². The van der Waals surface area contributed by atoms with E-state index in [1.165, 1.54) is 11.3 Å². The molecule has 1 saturated heterocycles. The highest BCUT2D eigenvalue weighted by molar-refractivity contribution is 7.20. The molecule has 8 heteroatoms. The van der Waals surface area contributed by atoms with Gasteiger partial charge in [0.15, 0.2) is 0 Å². The fraction of sp³-hybridized carbons (Fsp3) is 0.429. The number of amides is 3. The van der Waals surface area contributed by atoms with Crippen LogP contribution in [-0.4, -0.2) is 49.6 Å². The molecule has 0 saturated carbocycles. The monoisotopic (exact) mass is 416 g/mol. The van der Waals surface area contributed by atoms with E-state index in [0.29, 0.717) is 10.6 Å². The molecule has 1 atom stereocenters. The lowest BCUT2D eigenvalue weighted by molar-refractivity contribution is 0.0928. The highest BCUT2D eigenvalue weighted by Crippen LogP contribution is 2.36. The van der Waals surface area contributed by atoms with Crippen molar-refractivity contribution < 1.29 is 14.3 Å². The summed E-state index contributed by atoms with van der Waals surface area (Å²) in [6.07, 6.45) is 3.19. The Labute approximate surface area is 175 Å². The third-order valence-electron chi connectivity index (χ3n) is 5.13. The summed E-state index contributed by atoms with van der Waals surface area (Å²) in [7, 11) is 1.62. The molecule has 1 aliphatic heterocycles. The number of thiophene rings is 1. The average molecular weight is 417 g/mol. The Morgan fingerprint density at radius 1 is 1.28 bits per heavy atom. The first-order chi connectivity index (χ1) is 14.0. The molecule has 1 aromatic carbocycles. The lowest BCUT2D eigenvalue weighted by Crippen LogP contribution is -2.42. The van der Waals surface area contributed by atoms with Gasteiger partial charge < -0.3 is 20.7 Å². The Morgan fingerprint density at radius 3 is 2.69 bits per heavy atom. The van der Waals surface area contributed by atoms with Crippen LogP contribution in [0.2, 0.25) is 0 Å². The number of urea groups is 1. The van der Waals surface area contributed by atoms with Crippen molar-refractivity contribution in [3.63, 3.8) is 0 Å². The van der Waals surface area contributed by atoms with Crippen LogP contribution in [0.25, 0.3) is 10.4 Å². The number of carbonyl (C=O) groups is 2. The van der Waals surface area contributed by atoms with Gasteiger partial charge in [0.2, 0.25) is 0 Å². The normalized spacial score (nSPS) is 17.4. The minimum atomic E-state index is -0.686. The van der Waals surface area contributed by atoms with Crippen LogP contribution in [0.4, 0.5) is 9.80 Å². The highest BCUT2D eigenvalue weighted by atomic mass is 32.1. The Kier molecular flexibility index (Phi) is 7.11. The number of benzene rings is 1. The molecule has 4 N–H and O–H groups in total. The van der Waals surface area contributed by atoms with Crippen molar-refractivity contribution in [3.05, 3.63) is 35.9 Å². The third-order valence-corrected chi connectivity index (χ3v) is 6.23. The van der Waals surface area contributed by atoms with E-state index in [1.54, 1.807) is 13.2 Å². The summed E-state index contributed by atoms with van der Waals surface area (Å²) in [5, 5.41) is 6.21. The zero-order chi connectivity index (χ0) is 20.8. The maximum Gasteiger partial charge on any atom is 0.317 e. The Morgan fingerprint density at radius 2 is 2.03 bits per heavy atom. The lowest BCUT2D eigenvalue weighted by Gasteiger charge is -2.23. The molecule has 3 rings (SSSR count). The molecule has 1 aromatic heterocycles. The van der Waals surface area contributed by atoms with Crippen LogP contribution in [-0.2, 0) is 0 Å². The Hall–Kier alpha value is -2.58. The van der Waals surface area contributed by atoms with Crippen molar-refractivity contribution in [2.24, 2.45) is 5.73 Å². The van der Waals surface area contributed by atoms with Gasteiger partial charge in [0, 0.05) is 17.5 Å². The number of hydrogen-bond donors (Lipinski definition) is 3. The summed E-state index contributed by atoms with van der Waals surface area (Å²) in [6, 6.07) is 8.78. The summed E-state index contributed by atoms with van der Waals surface area (Å²) in [5.74, 6) is 0.570. The minimum absolute atomic E-state index is 0.0933. The molecule has 0 radical (unpaired) electrons. The van der Waals surface area contributed by atoms with Crippen LogP contribution in [0.1, 0.15) is 36.5 Å². The van der Waals surface area contributed by atoms with Gasteiger partial charge in [-0.2, -0.15) is 0 Å². The number of ether oxygens (including phenoxy) is 1. The number of likely N-dealkylation sites (tertiary alicyclic amines) is 1. The highest BCUT2D eigenvalue weighted by Gasteiger charge is 2.23. The second-order valence-electron chi connectivity index (χ2n) is 7.13. The number of nitrogens with two attached hydrogens (primary N) is 1. The minimum Gasteiger partial charge on any atom is -0.497 e. The van der Waals surface area contributed by atoms with E-state index >= 15 is 0 Å². The molecule has 0 unspecified atom stereocenters. The molecule has 2 aromatic rings. The largest absolute Gasteiger partial charge is 0.497 e. The molecule has 7 nitrogen and oxygen atoms in total. The van der Waals surface area contributed by atoms with Gasteiger partial charge in [-0.25, -0.2) is 4.79 Å². The second-order valence-corrected chi connectivity index (χ2v) is 8.18. The molecule has 1 aliphatic rings. The summed E-state index contributed by atoms with van der Waals surface area (Å²) in [6.45, 7) is 5.02. The van der Waals surface area contributed by atoms with E-state index in [-0.39, 0.29) is 11.9 Å². The van der Waals surface area contributed by atoms with Crippen molar-refractivity contribution in [2.45, 2.75) is 32.2 Å². The lowest BCUT2D eigenvalue weighted by atomic mass is 10.1. The molecule has 0 bridgehead atoms. The second kappa shape index (κ2) is 9.76. The molecule has 0 aliphatic carbocycles. The van der Waals surface area contributed by atoms with Gasteiger partial charge in [0.1, 0.15) is 10.8 Å². The smallest absolute Gasteiger partial charge is 0.317 e. The van der Waals surface area contributed by atoms with E-state index in [4.69, 9.17) is 10.5 Å². The van der Waals surface area contributed by atoms with Crippen LogP contribution < -0.4 is 21.1 Å². The quantitative estimate of drug-likeness (QED) is 0.671. The number of likely N-dealkylation sites (N-methyl/N-ethyl adjacent to an activating group) is 1. The Bertz CT molecular complexity index is 850. The summed E-state index contributed by atoms with van der Waals surface area (Å²) in [4.78, 5) is 27.7. The van der Waals surface area contributed by atoms with Crippen LogP contribution in [0.3, 0.4) is 0 Å². The van der Waals surface area contributed by atoms with E-state index in [9.17, 15) is 9.59 Å². The average Bonchev–Trinajstić information content (AvgIpc) is 2.99. The number of carbonyl (C=O) groups excluding carboxylic acids is 2. The first-order valence-corrected chi connectivity index (χ1v) is 10.7. The van der Waals surface area contributed by atoms with Crippen molar-refractivity contribution in [1.29, 1.82) is 0 Å². The standard InChI is InChI=1S/C21H28N4O3S/c1-3-25-11-5-4-6-15(13-25)23-19(26)17-12-18(29-20(17)24-21(22)27)14-7-9-16(28-2)10-8-14/h7-10,12,15H,3-6,11,13H2,1-2H3,(H,23,26)(H3,22,24,27)/t15-/m0/s1. The summed E-state index contributed by atoms with van der Waals surface area (Å²) in [5.41, 5.74) is 6.70. The number of anilines is 1. The SMILES string of the molecule is CCN1CCCC[C@H](NC(=O)c2cc(-c3ccc(OC)cc3)sc2NC(N)=O)C1. The Balaban J connectivity index is 1.82. The first-order valence-electron chi connectivity index (χ1n) is 9.88. The van der Waals surface area contributed by atoms with E-state index in [0.717, 1.165) is 55.1 Å². The first kappa shape index (κ1) is 21.1. The number of methoxy groups -OCH3 is 1. The molecule has 0 spiro atoms. The third kappa shape index (κ3) is 5.48. The molecule has 156 valence electrons. The zero-order valence-corrected chi connectivity index (χ0v) is 17.7. The summed E-state index contributed by atoms with van der Waals surface area (Å²) >= 11 is 1.33. The van der Waals surface area contributed by atoms with Gasteiger partial charge in [-0.1, -0.05) is 13.3 Å². The molecular weight excluding hydrogens is 388 g/mol. The zero-order valence-electron chi connectivity index (χ0n) is 16.9. The number of primary amides is 1. The van der Waals surface area contributed by atoms with Crippen LogP contribution >= 0.6 is 11.3 Å². The maximum absolute atomic E-state index is 13.0. The predicted molar refractivity (Wildman–Crippen MR) is 117 cm³/mol. The van der Waals surface area contributed by atoms with Crippen LogP contribution in [0, 0.1) is 0 Å². The fourth-order valence-corrected chi connectivity index (χ4v) is 4.61. The van der Waals surface area contributed by atoms with Gasteiger partial charge in [-0.05, 0) is 61.8 Å².